The van der Waals surface area contributed by atoms with Crippen molar-refractivity contribution >= 4 is 16.9 Å². The Morgan fingerprint density at radius 3 is 2.92 bits per heavy atom. The first kappa shape index (κ1) is 17.3. The van der Waals surface area contributed by atoms with Crippen LogP contribution in [0.5, 0.6) is 0 Å². The molecule has 2 aliphatic rings. The van der Waals surface area contributed by atoms with Gasteiger partial charge in [0.1, 0.15) is 12.6 Å². The SMILES string of the molecule is C/C=C1/C[N+]2([O-])CCc3c([nH]c4ccccc34)[C@@H]2C[C@@H]1[C@H](C)C(=O)OC. The van der Waals surface area contributed by atoms with Crippen molar-refractivity contribution in [3.8, 4) is 0 Å². The van der Waals surface area contributed by atoms with Crippen molar-refractivity contribution in [1.29, 1.82) is 0 Å². The van der Waals surface area contributed by atoms with E-state index in [1.165, 1.54) is 18.1 Å². The Kier molecular flexibility index (Phi) is 4.16. The number of carbonyl (C=O) groups is 1. The zero-order valence-corrected chi connectivity index (χ0v) is 15.6. The summed E-state index contributed by atoms with van der Waals surface area (Å²) in [6.07, 6.45) is 3.51. The van der Waals surface area contributed by atoms with Gasteiger partial charge in [0.15, 0.2) is 0 Å². The number of piperidine rings is 1. The zero-order chi connectivity index (χ0) is 18.5. The number of carbonyl (C=O) groups excluding carboxylic acids is 1. The van der Waals surface area contributed by atoms with E-state index in [2.05, 4.69) is 17.1 Å². The number of methoxy groups -OCH3 is 1. The van der Waals surface area contributed by atoms with Crippen LogP contribution in [0.1, 0.15) is 37.6 Å². The number of nitrogens with zero attached hydrogens (tertiary/aromatic N) is 1. The molecule has 1 N–H and O–H groups in total. The minimum Gasteiger partial charge on any atom is -0.632 e. The standard InChI is InChI=1S/C21H26N2O3/c1-4-14-12-23(25)10-9-16-15-7-5-6-8-18(15)22-20(16)19(23)11-17(14)13(2)21(24)26-3/h4-8,13,17,19,22H,9-12H2,1-3H3/b14-4-/t13-,17+,19-,23?/m0/s1. The highest BCUT2D eigenvalue weighted by Gasteiger charge is 2.47. The van der Waals surface area contributed by atoms with Crippen LogP contribution in [0, 0.1) is 17.0 Å². The topological polar surface area (TPSA) is 65.1 Å². The van der Waals surface area contributed by atoms with Gasteiger partial charge in [0.2, 0.25) is 0 Å². The third-order valence-corrected chi connectivity index (χ3v) is 6.44. The normalized spacial score (nSPS) is 30.7. The summed E-state index contributed by atoms with van der Waals surface area (Å²) in [5.74, 6) is -0.391. The Morgan fingerprint density at radius 1 is 1.42 bits per heavy atom. The minimum absolute atomic E-state index is 0.0509. The second-order valence-corrected chi connectivity index (χ2v) is 7.68. The van der Waals surface area contributed by atoms with Gasteiger partial charge < -0.3 is 19.6 Å². The van der Waals surface area contributed by atoms with Gasteiger partial charge in [-0.2, -0.15) is 0 Å². The van der Waals surface area contributed by atoms with Crippen molar-refractivity contribution in [2.45, 2.75) is 32.7 Å². The van der Waals surface area contributed by atoms with E-state index in [9.17, 15) is 10.0 Å². The van der Waals surface area contributed by atoms with E-state index in [0.29, 0.717) is 19.5 Å². The molecule has 2 aliphatic heterocycles. The second-order valence-electron chi connectivity index (χ2n) is 7.68. The van der Waals surface area contributed by atoms with E-state index in [0.717, 1.165) is 23.2 Å². The number of ether oxygens (including phenoxy) is 1. The number of hydroxylamine groups is 3. The smallest absolute Gasteiger partial charge is 0.308 e. The Bertz CT molecular complexity index is 885. The molecule has 1 fully saturated rings. The molecule has 5 heteroatoms. The monoisotopic (exact) mass is 354 g/mol. The van der Waals surface area contributed by atoms with Gasteiger partial charge in [-0.25, -0.2) is 0 Å². The van der Waals surface area contributed by atoms with Crippen molar-refractivity contribution < 1.29 is 14.2 Å². The van der Waals surface area contributed by atoms with Gasteiger partial charge in [-0.05, 0) is 24.1 Å². The summed E-state index contributed by atoms with van der Waals surface area (Å²) in [4.78, 5) is 15.7. The fourth-order valence-electron chi connectivity index (χ4n) is 4.96. The maximum absolute atomic E-state index is 13.7. The molecule has 138 valence electrons. The molecule has 26 heavy (non-hydrogen) atoms. The number of fused-ring (bicyclic) bond motifs is 5. The number of rotatable bonds is 2. The van der Waals surface area contributed by atoms with Gasteiger partial charge in [0.25, 0.3) is 0 Å². The maximum atomic E-state index is 13.7. The molecule has 0 radical (unpaired) electrons. The number of aromatic nitrogens is 1. The largest absolute Gasteiger partial charge is 0.632 e. The lowest BCUT2D eigenvalue weighted by atomic mass is 9.75. The van der Waals surface area contributed by atoms with Crippen molar-refractivity contribution in [3.05, 3.63) is 52.4 Å². The number of para-hydroxylation sites is 1. The Labute approximate surface area is 153 Å². The van der Waals surface area contributed by atoms with Crippen molar-refractivity contribution in [1.82, 2.24) is 4.98 Å². The quantitative estimate of drug-likeness (QED) is 0.385. The van der Waals surface area contributed by atoms with E-state index in [1.807, 2.05) is 32.1 Å². The Balaban J connectivity index is 1.77. The number of H-pyrrole nitrogens is 1. The van der Waals surface area contributed by atoms with Crippen LogP contribution in [0.25, 0.3) is 10.9 Å². The summed E-state index contributed by atoms with van der Waals surface area (Å²) >= 11 is 0. The molecule has 0 saturated carbocycles. The van der Waals surface area contributed by atoms with Gasteiger partial charge in [0.05, 0.1) is 25.3 Å². The summed E-state index contributed by atoms with van der Waals surface area (Å²) in [5, 5.41) is 14.9. The summed E-state index contributed by atoms with van der Waals surface area (Å²) < 4.78 is 4.76. The highest BCUT2D eigenvalue weighted by atomic mass is 16.5. The molecule has 0 spiro atoms. The average molecular weight is 354 g/mol. The number of hydrogen-bond donors (Lipinski definition) is 1. The number of esters is 1. The molecule has 4 atom stereocenters. The van der Waals surface area contributed by atoms with Gasteiger partial charge in [-0.3, -0.25) is 4.79 Å². The lowest BCUT2D eigenvalue weighted by Gasteiger charge is -2.56. The van der Waals surface area contributed by atoms with Gasteiger partial charge in [-0.15, -0.1) is 0 Å². The van der Waals surface area contributed by atoms with Crippen molar-refractivity contribution in [2.24, 2.45) is 11.8 Å². The van der Waals surface area contributed by atoms with E-state index in [4.69, 9.17) is 4.74 Å². The summed E-state index contributed by atoms with van der Waals surface area (Å²) in [5.41, 5.74) is 4.54. The second kappa shape index (κ2) is 6.25. The Hall–Kier alpha value is -2.11. The van der Waals surface area contributed by atoms with Crippen LogP contribution in [0.15, 0.2) is 35.9 Å². The van der Waals surface area contributed by atoms with Crippen LogP contribution in [-0.4, -0.2) is 35.8 Å². The maximum Gasteiger partial charge on any atom is 0.308 e. The summed E-state index contributed by atoms with van der Waals surface area (Å²) in [6, 6.07) is 8.12. The van der Waals surface area contributed by atoms with Crippen LogP contribution >= 0.6 is 0 Å². The molecule has 3 heterocycles. The molecular weight excluding hydrogens is 328 g/mol. The number of aromatic amines is 1. The molecule has 1 aromatic carbocycles. The highest BCUT2D eigenvalue weighted by molar-refractivity contribution is 5.85. The predicted molar refractivity (Wildman–Crippen MR) is 101 cm³/mol. The van der Waals surface area contributed by atoms with Gasteiger partial charge in [-0.1, -0.05) is 31.2 Å². The van der Waals surface area contributed by atoms with E-state index in [-0.39, 0.29) is 28.5 Å². The molecule has 1 saturated heterocycles. The number of quaternary nitrogens is 1. The van der Waals surface area contributed by atoms with E-state index in [1.54, 1.807) is 0 Å². The lowest BCUT2D eigenvalue weighted by molar-refractivity contribution is -0.914. The average Bonchev–Trinajstić information content (AvgIpc) is 3.04. The molecule has 5 nitrogen and oxygen atoms in total. The molecule has 0 bridgehead atoms. The third-order valence-electron chi connectivity index (χ3n) is 6.44. The van der Waals surface area contributed by atoms with Crippen LogP contribution < -0.4 is 0 Å². The molecule has 0 aliphatic carbocycles. The van der Waals surface area contributed by atoms with E-state index < -0.39 is 0 Å². The first-order chi connectivity index (χ1) is 12.5. The molecular formula is C21H26N2O3. The number of benzene rings is 1. The first-order valence-corrected chi connectivity index (χ1v) is 9.38. The van der Waals surface area contributed by atoms with Gasteiger partial charge in [0, 0.05) is 29.7 Å². The zero-order valence-electron chi connectivity index (χ0n) is 15.6. The molecule has 4 rings (SSSR count). The summed E-state index contributed by atoms with van der Waals surface area (Å²) in [6.45, 7) is 4.94. The summed E-state index contributed by atoms with van der Waals surface area (Å²) in [7, 11) is 1.43. The molecule has 1 aromatic heterocycles. The predicted octanol–water partition coefficient (Wildman–Crippen LogP) is 3.86. The highest BCUT2D eigenvalue weighted by Crippen LogP contribution is 2.48. The van der Waals surface area contributed by atoms with Crippen LogP contribution in [-0.2, 0) is 16.0 Å². The van der Waals surface area contributed by atoms with Crippen LogP contribution in [0.4, 0.5) is 0 Å². The van der Waals surface area contributed by atoms with Gasteiger partial charge >= 0.3 is 5.97 Å². The number of nitrogens with one attached hydrogen (secondary N) is 1. The fraction of sp³-hybridized carbons (Fsp3) is 0.476. The third kappa shape index (κ3) is 2.49. The first-order valence-electron chi connectivity index (χ1n) is 9.38. The molecule has 2 aromatic rings. The lowest BCUT2D eigenvalue weighted by Crippen LogP contribution is -2.55. The Morgan fingerprint density at radius 2 is 2.19 bits per heavy atom. The number of allylic oxidation sites excluding steroid dienone is 1. The van der Waals surface area contributed by atoms with Crippen molar-refractivity contribution in [2.75, 3.05) is 20.2 Å². The van der Waals surface area contributed by atoms with E-state index >= 15 is 0 Å². The van der Waals surface area contributed by atoms with Crippen LogP contribution in [0.2, 0.25) is 0 Å². The van der Waals surface area contributed by atoms with Crippen LogP contribution in [0.3, 0.4) is 0 Å². The molecule has 0 amide bonds. The van der Waals surface area contributed by atoms with Crippen molar-refractivity contribution in [3.63, 3.8) is 0 Å². The minimum atomic E-state index is -0.241. The molecule has 1 unspecified atom stereocenters. The fourth-order valence-corrected chi connectivity index (χ4v) is 4.96. The number of hydrogen-bond acceptors (Lipinski definition) is 3.